The molecule has 0 unspecified atom stereocenters. The summed E-state index contributed by atoms with van der Waals surface area (Å²) in [5, 5.41) is 22.4. The molecule has 1 aromatic rings. The first kappa shape index (κ1) is 14.6. The smallest absolute Gasteiger partial charge is 0.328 e. The average molecular weight is 293 g/mol. The largest absolute Gasteiger partial charge is 0.480 e. The van der Waals surface area contributed by atoms with E-state index in [0.29, 0.717) is 15.7 Å². The Morgan fingerprint density at radius 1 is 1.22 bits per heavy atom. The van der Waals surface area contributed by atoms with Gasteiger partial charge in [-0.3, -0.25) is 0 Å². The first-order chi connectivity index (χ1) is 8.42. The third-order valence-electron chi connectivity index (χ3n) is 1.91. The lowest BCUT2D eigenvalue weighted by Gasteiger charge is -2.12. The number of carbonyl (C=O) groups is 2. The van der Waals surface area contributed by atoms with Crippen LogP contribution in [0.25, 0.3) is 0 Å². The fourth-order valence-corrected chi connectivity index (χ4v) is 1.66. The van der Waals surface area contributed by atoms with Gasteiger partial charge >= 0.3 is 12.0 Å². The van der Waals surface area contributed by atoms with E-state index in [1.54, 1.807) is 0 Å². The number of aliphatic carboxylic acids is 1. The van der Waals surface area contributed by atoms with Crippen molar-refractivity contribution < 1.29 is 19.8 Å². The molecular weight excluding hydrogens is 283 g/mol. The predicted octanol–water partition coefficient (Wildman–Crippen LogP) is 1.56. The van der Waals surface area contributed by atoms with Crippen LogP contribution in [0.5, 0.6) is 0 Å². The Labute approximate surface area is 113 Å². The summed E-state index contributed by atoms with van der Waals surface area (Å²) >= 11 is 11.5. The Bertz CT molecular complexity index is 447. The van der Waals surface area contributed by atoms with Gasteiger partial charge in [-0.2, -0.15) is 0 Å². The van der Waals surface area contributed by atoms with Crippen molar-refractivity contribution in [3.8, 4) is 0 Å². The van der Waals surface area contributed by atoms with Crippen LogP contribution in [-0.4, -0.2) is 34.9 Å². The maximum atomic E-state index is 11.4. The van der Waals surface area contributed by atoms with E-state index in [-0.39, 0.29) is 0 Å². The van der Waals surface area contributed by atoms with E-state index in [1.165, 1.54) is 18.2 Å². The molecule has 0 radical (unpaired) electrons. The quantitative estimate of drug-likeness (QED) is 0.677. The number of nitrogens with one attached hydrogen (secondary N) is 2. The molecule has 2 amide bonds. The molecular formula is C10H10Cl2N2O4. The molecule has 0 saturated heterocycles. The molecule has 0 saturated carbocycles. The normalized spacial score (nSPS) is 11.7. The Hall–Kier alpha value is -1.50. The lowest BCUT2D eigenvalue weighted by molar-refractivity contribution is -0.140. The van der Waals surface area contributed by atoms with Crippen LogP contribution in [0, 0.1) is 0 Å². The van der Waals surface area contributed by atoms with Crippen LogP contribution in [0.3, 0.4) is 0 Å². The molecule has 18 heavy (non-hydrogen) atoms. The summed E-state index contributed by atoms with van der Waals surface area (Å²) < 4.78 is 0. The number of rotatable bonds is 4. The summed E-state index contributed by atoms with van der Waals surface area (Å²) in [4.78, 5) is 22.0. The zero-order valence-corrected chi connectivity index (χ0v) is 10.5. The fraction of sp³-hybridized carbons (Fsp3) is 0.200. The molecule has 4 N–H and O–H groups in total. The minimum absolute atomic E-state index is 0.312. The zero-order chi connectivity index (χ0) is 13.7. The topological polar surface area (TPSA) is 98.7 Å². The highest BCUT2D eigenvalue weighted by atomic mass is 35.5. The van der Waals surface area contributed by atoms with Gasteiger partial charge in [-0.15, -0.1) is 0 Å². The number of carbonyl (C=O) groups excluding carboxylic acids is 1. The number of carboxylic acids is 1. The molecule has 0 fully saturated rings. The number of aliphatic hydroxyl groups excluding tert-OH is 1. The number of aliphatic hydroxyl groups is 1. The Morgan fingerprint density at radius 3 is 2.22 bits per heavy atom. The molecule has 6 nitrogen and oxygen atoms in total. The van der Waals surface area contributed by atoms with E-state index in [0.717, 1.165) is 0 Å². The summed E-state index contributed by atoms with van der Waals surface area (Å²) in [5.74, 6) is -1.34. The summed E-state index contributed by atoms with van der Waals surface area (Å²) in [6, 6.07) is 2.22. The van der Waals surface area contributed by atoms with Crippen LogP contribution in [0.1, 0.15) is 0 Å². The van der Waals surface area contributed by atoms with Gasteiger partial charge in [0.1, 0.15) is 0 Å². The fourth-order valence-electron chi connectivity index (χ4n) is 1.14. The predicted molar refractivity (Wildman–Crippen MR) is 67.1 cm³/mol. The van der Waals surface area contributed by atoms with Gasteiger partial charge in [0.15, 0.2) is 6.04 Å². The molecule has 8 heteroatoms. The highest BCUT2D eigenvalue weighted by Gasteiger charge is 2.18. The second-order valence-electron chi connectivity index (χ2n) is 3.33. The van der Waals surface area contributed by atoms with Gasteiger partial charge in [0.2, 0.25) is 0 Å². The van der Waals surface area contributed by atoms with Gasteiger partial charge in [0.05, 0.1) is 6.61 Å². The number of amides is 2. The highest BCUT2D eigenvalue weighted by Crippen LogP contribution is 2.22. The van der Waals surface area contributed by atoms with Gasteiger partial charge in [0.25, 0.3) is 0 Å². The zero-order valence-electron chi connectivity index (χ0n) is 8.98. The highest BCUT2D eigenvalue weighted by molar-refractivity contribution is 6.35. The number of halogens is 2. The van der Waals surface area contributed by atoms with Crippen molar-refractivity contribution in [3.63, 3.8) is 0 Å². The average Bonchev–Trinajstić information content (AvgIpc) is 2.23. The van der Waals surface area contributed by atoms with Crippen molar-refractivity contribution in [2.45, 2.75) is 6.04 Å². The van der Waals surface area contributed by atoms with E-state index in [2.05, 4.69) is 10.6 Å². The maximum Gasteiger partial charge on any atom is 0.328 e. The van der Waals surface area contributed by atoms with Crippen molar-refractivity contribution in [1.82, 2.24) is 5.32 Å². The molecule has 0 heterocycles. The van der Waals surface area contributed by atoms with E-state index >= 15 is 0 Å². The minimum Gasteiger partial charge on any atom is -0.480 e. The van der Waals surface area contributed by atoms with E-state index in [4.69, 9.17) is 33.4 Å². The molecule has 0 bridgehead atoms. The summed E-state index contributed by atoms with van der Waals surface area (Å²) in [6.07, 6.45) is 0. The minimum atomic E-state index is -1.38. The van der Waals surface area contributed by atoms with Gasteiger partial charge in [0, 0.05) is 15.7 Å². The molecule has 0 aliphatic carbocycles. The number of urea groups is 1. The van der Waals surface area contributed by atoms with Crippen LogP contribution in [0.4, 0.5) is 10.5 Å². The van der Waals surface area contributed by atoms with Gasteiger partial charge in [-0.05, 0) is 18.2 Å². The van der Waals surface area contributed by atoms with Gasteiger partial charge in [-0.1, -0.05) is 23.2 Å². The maximum absolute atomic E-state index is 11.4. The lowest BCUT2D eigenvalue weighted by Crippen LogP contribution is -2.45. The van der Waals surface area contributed by atoms with Crippen LogP contribution in [0.15, 0.2) is 18.2 Å². The third kappa shape index (κ3) is 4.40. The van der Waals surface area contributed by atoms with Gasteiger partial charge in [-0.25, -0.2) is 9.59 Å². The molecule has 1 rings (SSSR count). The van der Waals surface area contributed by atoms with E-state index < -0.39 is 24.6 Å². The Morgan fingerprint density at radius 2 is 1.78 bits per heavy atom. The van der Waals surface area contributed by atoms with Crippen molar-refractivity contribution in [2.75, 3.05) is 11.9 Å². The van der Waals surface area contributed by atoms with Crippen LogP contribution in [0.2, 0.25) is 10.0 Å². The lowest BCUT2D eigenvalue weighted by atomic mass is 10.3. The van der Waals surface area contributed by atoms with Gasteiger partial charge < -0.3 is 20.8 Å². The van der Waals surface area contributed by atoms with Crippen LogP contribution in [-0.2, 0) is 4.79 Å². The first-order valence-corrected chi connectivity index (χ1v) is 5.55. The van der Waals surface area contributed by atoms with E-state index in [1.807, 2.05) is 0 Å². The third-order valence-corrected chi connectivity index (χ3v) is 2.34. The molecule has 0 spiro atoms. The summed E-state index contributed by atoms with van der Waals surface area (Å²) in [7, 11) is 0. The summed E-state index contributed by atoms with van der Waals surface area (Å²) in [5.41, 5.74) is 0.312. The van der Waals surface area contributed by atoms with Crippen LogP contribution < -0.4 is 10.6 Å². The second-order valence-corrected chi connectivity index (χ2v) is 4.20. The summed E-state index contributed by atoms with van der Waals surface area (Å²) in [6.45, 7) is -0.709. The number of hydrogen-bond donors (Lipinski definition) is 4. The molecule has 98 valence electrons. The second kappa shape index (κ2) is 6.44. The van der Waals surface area contributed by atoms with Crippen molar-refractivity contribution in [2.24, 2.45) is 0 Å². The Balaban J connectivity index is 2.67. The van der Waals surface area contributed by atoms with Crippen molar-refractivity contribution in [3.05, 3.63) is 28.2 Å². The molecule has 1 aromatic carbocycles. The number of anilines is 1. The molecule has 0 aliphatic heterocycles. The number of hydrogen-bond acceptors (Lipinski definition) is 3. The van der Waals surface area contributed by atoms with Crippen molar-refractivity contribution in [1.29, 1.82) is 0 Å². The Kier molecular flexibility index (Phi) is 5.21. The number of benzene rings is 1. The molecule has 1 atom stereocenters. The standard InChI is InChI=1S/C10H10Cl2N2O4/c11-5-1-6(12)3-7(2-5)13-10(18)14-8(4-15)9(16)17/h1-3,8,15H,4H2,(H,16,17)(H2,13,14,18)/t8-/m1/s1. The first-order valence-electron chi connectivity index (χ1n) is 4.79. The molecule has 0 aliphatic rings. The number of carboxylic acid groups (broad SMARTS) is 1. The monoisotopic (exact) mass is 292 g/mol. The molecule has 0 aromatic heterocycles. The van der Waals surface area contributed by atoms with Crippen LogP contribution >= 0.6 is 23.2 Å². The SMILES string of the molecule is O=C(Nc1cc(Cl)cc(Cl)c1)N[C@H](CO)C(=O)O. The van der Waals surface area contributed by atoms with Crippen molar-refractivity contribution >= 4 is 40.9 Å². The van der Waals surface area contributed by atoms with E-state index in [9.17, 15) is 9.59 Å².